The summed E-state index contributed by atoms with van der Waals surface area (Å²) in [6, 6.07) is 20.8. The molecule has 5 rings (SSSR count). The normalized spacial score (nSPS) is 11.5. The SMILES string of the molecule is O=C(O)c1ccc(-c2nn(C(=O)c3c(Cl)cccc3C(F)(F)F)c3cc(Cl)ccc23)c(OCc2ccccc2)c1. The van der Waals surface area contributed by atoms with Gasteiger partial charge < -0.3 is 9.84 Å². The number of fused-ring (bicyclic) bond motifs is 1. The summed E-state index contributed by atoms with van der Waals surface area (Å²) in [7, 11) is 0. The molecule has 0 aliphatic heterocycles. The lowest BCUT2D eigenvalue weighted by molar-refractivity contribution is -0.137. The largest absolute Gasteiger partial charge is 0.488 e. The first kappa shape index (κ1) is 27.2. The molecule has 0 aliphatic rings. The van der Waals surface area contributed by atoms with Gasteiger partial charge in [-0.3, -0.25) is 4.79 Å². The molecule has 1 aromatic heterocycles. The zero-order valence-corrected chi connectivity index (χ0v) is 21.8. The maximum absolute atomic E-state index is 13.8. The number of carboxylic acid groups (broad SMARTS) is 1. The van der Waals surface area contributed by atoms with Gasteiger partial charge >= 0.3 is 12.1 Å². The monoisotopic (exact) mass is 584 g/mol. The van der Waals surface area contributed by atoms with Crippen molar-refractivity contribution in [1.29, 1.82) is 0 Å². The Labute approximate surface area is 235 Å². The third-order valence-corrected chi connectivity index (χ3v) is 6.64. The number of benzene rings is 4. The molecule has 0 radical (unpaired) electrons. The van der Waals surface area contributed by atoms with Crippen molar-refractivity contribution in [3.8, 4) is 17.0 Å². The average Bonchev–Trinajstić information content (AvgIpc) is 3.29. The van der Waals surface area contributed by atoms with E-state index in [9.17, 15) is 27.9 Å². The van der Waals surface area contributed by atoms with E-state index in [-0.39, 0.29) is 34.2 Å². The van der Waals surface area contributed by atoms with Crippen molar-refractivity contribution in [2.24, 2.45) is 0 Å². The summed E-state index contributed by atoms with van der Waals surface area (Å²) in [5, 5.41) is 14.1. The zero-order valence-electron chi connectivity index (χ0n) is 20.2. The number of rotatable bonds is 6. The summed E-state index contributed by atoms with van der Waals surface area (Å²) in [4.78, 5) is 25.3. The van der Waals surface area contributed by atoms with Gasteiger partial charge in [0.2, 0.25) is 0 Å². The number of hydrogen-bond acceptors (Lipinski definition) is 4. The molecule has 1 heterocycles. The Morgan fingerprint density at radius 3 is 2.38 bits per heavy atom. The number of aromatic nitrogens is 2. The fraction of sp³-hybridized carbons (Fsp3) is 0.0690. The first-order valence-electron chi connectivity index (χ1n) is 11.7. The number of carboxylic acids is 1. The Morgan fingerprint density at radius 2 is 1.68 bits per heavy atom. The Hall–Kier alpha value is -4.34. The van der Waals surface area contributed by atoms with Crippen LogP contribution in [-0.4, -0.2) is 26.8 Å². The van der Waals surface area contributed by atoms with Crippen LogP contribution in [0.1, 0.15) is 31.8 Å². The molecule has 0 fully saturated rings. The van der Waals surface area contributed by atoms with Crippen molar-refractivity contribution in [3.05, 3.63) is 117 Å². The van der Waals surface area contributed by atoms with E-state index in [2.05, 4.69) is 5.10 Å². The van der Waals surface area contributed by atoms with Crippen LogP contribution < -0.4 is 4.74 Å². The van der Waals surface area contributed by atoms with Crippen LogP contribution in [0.5, 0.6) is 5.75 Å². The maximum Gasteiger partial charge on any atom is 0.417 e. The van der Waals surface area contributed by atoms with Crippen molar-refractivity contribution in [2.75, 3.05) is 0 Å². The molecule has 0 atom stereocenters. The molecule has 0 saturated carbocycles. The number of carbonyl (C=O) groups is 2. The van der Waals surface area contributed by atoms with Gasteiger partial charge in [-0.2, -0.15) is 23.0 Å². The topological polar surface area (TPSA) is 81.4 Å². The highest BCUT2D eigenvalue weighted by molar-refractivity contribution is 6.34. The van der Waals surface area contributed by atoms with Crippen molar-refractivity contribution in [2.45, 2.75) is 12.8 Å². The van der Waals surface area contributed by atoms with Gasteiger partial charge in [-0.15, -0.1) is 0 Å². The molecule has 0 bridgehead atoms. The molecule has 11 heteroatoms. The summed E-state index contributed by atoms with van der Waals surface area (Å²) in [5.74, 6) is -2.16. The number of nitrogens with zero attached hydrogens (tertiary/aromatic N) is 2. The highest BCUT2D eigenvalue weighted by Gasteiger charge is 2.37. The predicted molar refractivity (Wildman–Crippen MR) is 144 cm³/mol. The number of ether oxygens (including phenoxy) is 1. The third-order valence-electron chi connectivity index (χ3n) is 6.09. The van der Waals surface area contributed by atoms with E-state index < -0.39 is 34.2 Å². The number of carbonyl (C=O) groups excluding carboxylic acids is 1. The van der Waals surface area contributed by atoms with E-state index in [4.69, 9.17) is 27.9 Å². The molecule has 202 valence electrons. The standard InChI is InChI=1S/C29H17Cl2F3N2O4/c30-18-10-12-19-23(14-18)36(27(37)25-21(29(32,33)34)7-4-8-22(25)31)35-26(19)20-11-9-17(28(38)39)13-24(20)40-15-16-5-2-1-3-6-16/h1-14H,15H2,(H,38,39). The van der Waals surface area contributed by atoms with E-state index >= 15 is 0 Å². The smallest absolute Gasteiger partial charge is 0.417 e. The third kappa shape index (κ3) is 5.25. The summed E-state index contributed by atoms with van der Waals surface area (Å²) in [5.41, 5.74) is -0.623. The minimum atomic E-state index is -4.86. The second-order valence-electron chi connectivity index (χ2n) is 8.68. The van der Waals surface area contributed by atoms with Gasteiger partial charge in [-0.25, -0.2) is 4.79 Å². The predicted octanol–water partition coefficient (Wildman–Crippen LogP) is 7.99. The van der Waals surface area contributed by atoms with Crippen LogP contribution in [0.2, 0.25) is 10.0 Å². The lowest BCUT2D eigenvalue weighted by atomic mass is 10.0. The highest BCUT2D eigenvalue weighted by Crippen LogP contribution is 2.39. The number of halogens is 5. The molecule has 40 heavy (non-hydrogen) atoms. The summed E-state index contributed by atoms with van der Waals surface area (Å²) in [6.07, 6.45) is -4.86. The van der Waals surface area contributed by atoms with Gasteiger partial charge in [0.25, 0.3) is 5.91 Å². The quantitative estimate of drug-likeness (QED) is 0.219. The Balaban J connectivity index is 1.70. The summed E-state index contributed by atoms with van der Waals surface area (Å²) < 4.78 is 48.2. The molecular weight excluding hydrogens is 568 g/mol. The second-order valence-corrected chi connectivity index (χ2v) is 9.52. The maximum atomic E-state index is 13.8. The molecular formula is C29H17Cl2F3N2O4. The van der Waals surface area contributed by atoms with Crippen molar-refractivity contribution in [1.82, 2.24) is 9.78 Å². The molecule has 0 saturated heterocycles. The van der Waals surface area contributed by atoms with Crippen LogP contribution in [0.15, 0.2) is 84.9 Å². The van der Waals surface area contributed by atoms with Crippen LogP contribution >= 0.6 is 23.2 Å². The second kappa shape index (κ2) is 10.7. The molecule has 1 N–H and O–H groups in total. The van der Waals surface area contributed by atoms with Gasteiger partial charge in [0, 0.05) is 16.0 Å². The van der Waals surface area contributed by atoms with Crippen molar-refractivity contribution < 1.29 is 32.6 Å². The highest BCUT2D eigenvalue weighted by atomic mass is 35.5. The minimum Gasteiger partial charge on any atom is -0.488 e. The number of alkyl halides is 3. The summed E-state index contributed by atoms with van der Waals surface area (Å²) in [6.45, 7) is 0.0921. The molecule has 6 nitrogen and oxygen atoms in total. The van der Waals surface area contributed by atoms with Gasteiger partial charge in [0.15, 0.2) is 0 Å². The molecule has 5 aromatic rings. The van der Waals surface area contributed by atoms with E-state index in [1.165, 1.54) is 36.4 Å². The molecule has 4 aromatic carbocycles. The molecule has 0 aliphatic carbocycles. The Morgan fingerprint density at radius 1 is 0.925 bits per heavy atom. The Bertz CT molecular complexity index is 1770. The minimum absolute atomic E-state index is 0.0550. The van der Waals surface area contributed by atoms with Crippen LogP contribution in [-0.2, 0) is 12.8 Å². The fourth-order valence-corrected chi connectivity index (χ4v) is 4.65. The van der Waals surface area contributed by atoms with Crippen molar-refractivity contribution in [3.63, 3.8) is 0 Å². The van der Waals surface area contributed by atoms with Crippen LogP contribution in [0.4, 0.5) is 13.2 Å². The first-order chi connectivity index (χ1) is 19.0. The Kier molecular flexibility index (Phi) is 7.27. The van der Waals surface area contributed by atoms with Gasteiger partial charge in [-0.1, -0.05) is 59.6 Å². The van der Waals surface area contributed by atoms with Crippen LogP contribution in [0.3, 0.4) is 0 Å². The first-order valence-corrected chi connectivity index (χ1v) is 12.4. The zero-order chi connectivity index (χ0) is 28.6. The van der Waals surface area contributed by atoms with E-state index in [1.807, 2.05) is 30.3 Å². The van der Waals surface area contributed by atoms with E-state index in [0.717, 1.165) is 22.4 Å². The van der Waals surface area contributed by atoms with Gasteiger partial charge in [0.05, 0.1) is 27.2 Å². The summed E-state index contributed by atoms with van der Waals surface area (Å²) >= 11 is 12.3. The lowest BCUT2D eigenvalue weighted by Gasteiger charge is -2.13. The van der Waals surface area contributed by atoms with Crippen molar-refractivity contribution >= 4 is 46.0 Å². The van der Waals surface area contributed by atoms with Crippen LogP contribution in [0, 0.1) is 0 Å². The van der Waals surface area contributed by atoms with E-state index in [0.29, 0.717) is 10.9 Å². The van der Waals surface area contributed by atoms with Crippen LogP contribution in [0.25, 0.3) is 22.2 Å². The molecule has 0 spiro atoms. The van der Waals surface area contributed by atoms with Gasteiger partial charge in [-0.05, 0) is 54.1 Å². The fourth-order valence-electron chi connectivity index (χ4n) is 4.23. The number of aromatic carboxylic acids is 1. The number of hydrogen-bond donors (Lipinski definition) is 1. The lowest BCUT2D eigenvalue weighted by Crippen LogP contribution is -2.20. The average molecular weight is 585 g/mol. The molecule has 0 amide bonds. The van der Waals surface area contributed by atoms with E-state index in [1.54, 1.807) is 6.07 Å². The molecule has 0 unspecified atom stereocenters. The van der Waals surface area contributed by atoms with Gasteiger partial charge in [0.1, 0.15) is 18.1 Å².